The summed E-state index contributed by atoms with van der Waals surface area (Å²) < 4.78 is 4.59. The van der Waals surface area contributed by atoms with E-state index in [4.69, 9.17) is 0 Å². The standard InChI is InChI=1S/C35H29N2/c1-36-32-24-14-12-20-28(32)30(34(36)26-16-6-3-7-17-26)22-10-5-11-23-31-29-21-13-15-25-33(29)37(2)35(31)27-18-8-4-9-19-27/h3-25H,1-2H3/q+1. The van der Waals surface area contributed by atoms with Gasteiger partial charge in [0.1, 0.15) is 7.05 Å². The molecule has 2 heteroatoms. The van der Waals surface area contributed by atoms with Gasteiger partial charge >= 0.3 is 0 Å². The van der Waals surface area contributed by atoms with Crippen LogP contribution in [0.25, 0.3) is 33.8 Å². The number of hydrogen-bond acceptors (Lipinski definition) is 0. The van der Waals surface area contributed by atoms with E-state index in [-0.39, 0.29) is 0 Å². The zero-order valence-corrected chi connectivity index (χ0v) is 21.2. The summed E-state index contributed by atoms with van der Waals surface area (Å²) in [5, 5.41) is 1.26. The van der Waals surface area contributed by atoms with Crippen molar-refractivity contribution in [3.8, 4) is 11.3 Å². The van der Waals surface area contributed by atoms with Crippen LogP contribution in [0.3, 0.4) is 0 Å². The zero-order chi connectivity index (χ0) is 25.2. The quantitative estimate of drug-likeness (QED) is 0.178. The average molecular weight is 478 g/mol. The molecule has 0 fully saturated rings. The van der Waals surface area contributed by atoms with E-state index in [2.05, 4.69) is 163 Å². The zero-order valence-electron chi connectivity index (χ0n) is 21.2. The molecule has 0 spiro atoms. The van der Waals surface area contributed by atoms with Crippen molar-refractivity contribution >= 4 is 34.0 Å². The Kier molecular flexibility index (Phi) is 6.00. The van der Waals surface area contributed by atoms with Gasteiger partial charge in [0.15, 0.2) is 0 Å². The monoisotopic (exact) mass is 477 g/mol. The molecule has 1 aliphatic rings. The topological polar surface area (TPSA) is 7.94 Å². The molecule has 0 amide bonds. The van der Waals surface area contributed by atoms with Crippen molar-refractivity contribution in [3.63, 3.8) is 0 Å². The van der Waals surface area contributed by atoms with Gasteiger partial charge in [-0.05, 0) is 35.9 Å². The first-order chi connectivity index (χ1) is 18.2. The van der Waals surface area contributed by atoms with Crippen LogP contribution in [-0.4, -0.2) is 21.9 Å². The van der Waals surface area contributed by atoms with Crippen LogP contribution in [0.4, 0.5) is 5.69 Å². The third kappa shape index (κ3) is 4.07. The molecule has 4 aromatic carbocycles. The summed E-state index contributed by atoms with van der Waals surface area (Å²) in [6, 6.07) is 38.5. The molecule has 1 aliphatic heterocycles. The maximum absolute atomic E-state index is 2.29. The summed E-state index contributed by atoms with van der Waals surface area (Å²) in [5.41, 5.74) is 11.1. The molecule has 178 valence electrons. The Balaban J connectivity index is 1.38. The van der Waals surface area contributed by atoms with Crippen molar-refractivity contribution in [2.45, 2.75) is 0 Å². The second-order valence-electron chi connectivity index (χ2n) is 9.32. The summed E-state index contributed by atoms with van der Waals surface area (Å²) in [4.78, 5) is 0. The Hall–Kier alpha value is -4.69. The van der Waals surface area contributed by atoms with Crippen LogP contribution in [0.5, 0.6) is 0 Å². The Labute approximate surface area is 218 Å². The average Bonchev–Trinajstić information content (AvgIpc) is 3.40. The SMILES string of the molecule is Cn1c(-c2ccccc2)c(/C=C/C=C/C=C2\C(c3ccccc3)=[N+](C)c3ccccc32)c2ccccc21. The Morgan fingerprint density at radius 2 is 1.30 bits per heavy atom. The van der Waals surface area contributed by atoms with Crippen LogP contribution < -0.4 is 0 Å². The summed E-state index contributed by atoms with van der Waals surface area (Å²) in [6.45, 7) is 0. The first kappa shape index (κ1) is 22.8. The first-order valence-corrected chi connectivity index (χ1v) is 12.7. The van der Waals surface area contributed by atoms with Crippen molar-refractivity contribution in [1.29, 1.82) is 0 Å². The lowest BCUT2D eigenvalue weighted by molar-refractivity contribution is -0.400. The van der Waals surface area contributed by atoms with Crippen LogP contribution in [0.1, 0.15) is 16.7 Å². The highest BCUT2D eigenvalue weighted by Crippen LogP contribution is 2.36. The van der Waals surface area contributed by atoms with Gasteiger partial charge in [-0.1, -0.05) is 103 Å². The predicted octanol–water partition coefficient (Wildman–Crippen LogP) is 8.28. The number of aryl methyl sites for hydroxylation is 1. The summed E-state index contributed by atoms with van der Waals surface area (Å²) >= 11 is 0. The third-order valence-corrected chi connectivity index (χ3v) is 7.13. The molecule has 2 nitrogen and oxygen atoms in total. The molecule has 37 heavy (non-hydrogen) atoms. The molecule has 1 aromatic heterocycles. The molecular formula is C35H29N2+. The van der Waals surface area contributed by atoms with E-state index in [0.717, 1.165) is 0 Å². The highest BCUT2D eigenvalue weighted by molar-refractivity contribution is 6.32. The molecule has 0 saturated heterocycles. The van der Waals surface area contributed by atoms with E-state index in [9.17, 15) is 0 Å². The fourth-order valence-electron chi connectivity index (χ4n) is 5.44. The molecule has 0 unspecified atom stereocenters. The normalized spacial score (nSPS) is 14.5. The van der Waals surface area contributed by atoms with Crippen LogP contribution in [0, 0.1) is 0 Å². The maximum Gasteiger partial charge on any atom is 0.220 e. The van der Waals surface area contributed by atoms with Crippen molar-refractivity contribution in [1.82, 2.24) is 4.57 Å². The van der Waals surface area contributed by atoms with E-state index < -0.39 is 0 Å². The maximum atomic E-state index is 2.29. The molecular weight excluding hydrogens is 448 g/mol. The van der Waals surface area contributed by atoms with E-state index in [1.165, 1.54) is 55.8 Å². The fourth-order valence-corrected chi connectivity index (χ4v) is 5.44. The smallest absolute Gasteiger partial charge is 0.220 e. The van der Waals surface area contributed by atoms with Crippen LogP contribution in [0.2, 0.25) is 0 Å². The van der Waals surface area contributed by atoms with Gasteiger partial charge in [0.05, 0.1) is 16.8 Å². The molecule has 5 aromatic rings. The summed E-state index contributed by atoms with van der Waals surface area (Å²) in [7, 11) is 4.30. The van der Waals surface area contributed by atoms with Gasteiger partial charge in [0.2, 0.25) is 11.4 Å². The molecule has 0 saturated carbocycles. The number of aromatic nitrogens is 1. The van der Waals surface area contributed by atoms with Gasteiger partial charge in [-0.25, -0.2) is 0 Å². The minimum absolute atomic E-state index is 1.22. The van der Waals surface area contributed by atoms with E-state index >= 15 is 0 Å². The lowest BCUT2D eigenvalue weighted by Crippen LogP contribution is -2.09. The summed E-state index contributed by atoms with van der Waals surface area (Å²) in [5.74, 6) is 0. The van der Waals surface area contributed by atoms with Crippen molar-refractivity contribution in [2.75, 3.05) is 7.05 Å². The van der Waals surface area contributed by atoms with E-state index in [1.807, 2.05) is 0 Å². The van der Waals surface area contributed by atoms with E-state index in [0.29, 0.717) is 0 Å². The van der Waals surface area contributed by atoms with Gasteiger partial charge in [0, 0.05) is 35.1 Å². The molecule has 0 radical (unpaired) electrons. The second-order valence-corrected chi connectivity index (χ2v) is 9.32. The number of hydrogen-bond donors (Lipinski definition) is 0. The Morgan fingerprint density at radius 3 is 2.08 bits per heavy atom. The Morgan fingerprint density at radius 1 is 0.649 bits per heavy atom. The number of allylic oxidation sites excluding steroid dienone is 5. The minimum atomic E-state index is 1.22. The van der Waals surface area contributed by atoms with Crippen LogP contribution in [-0.2, 0) is 7.05 Å². The molecule has 0 atom stereocenters. The fraction of sp³-hybridized carbons (Fsp3) is 0.0571. The van der Waals surface area contributed by atoms with E-state index in [1.54, 1.807) is 0 Å². The lowest BCUT2D eigenvalue weighted by Gasteiger charge is -2.06. The number of benzene rings is 4. The third-order valence-electron chi connectivity index (χ3n) is 7.13. The molecule has 0 N–H and O–H groups in total. The minimum Gasteiger partial charge on any atom is -0.343 e. The second kappa shape index (κ2) is 9.75. The lowest BCUT2D eigenvalue weighted by atomic mass is 9.97. The molecule has 0 aliphatic carbocycles. The number of rotatable bonds is 5. The Bertz CT molecular complexity index is 1710. The van der Waals surface area contributed by atoms with Gasteiger partial charge in [0.25, 0.3) is 0 Å². The van der Waals surface area contributed by atoms with Crippen molar-refractivity contribution in [3.05, 3.63) is 150 Å². The number of fused-ring (bicyclic) bond motifs is 2. The molecule has 2 heterocycles. The molecule has 0 bridgehead atoms. The van der Waals surface area contributed by atoms with Crippen LogP contribution >= 0.6 is 0 Å². The van der Waals surface area contributed by atoms with Crippen molar-refractivity contribution < 1.29 is 4.58 Å². The number of para-hydroxylation sites is 2. The van der Waals surface area contributed by atoms with Gasteiger partial charge in [-0.2, -0.15) is 4.58 Å². The predicted molar refractivity (Wildman–Crippen MR) is 157 cm³/mol. The highest BCUT2D eigenvalue weighted by atomic mass is 15.0. The van der Waals surface area contributed by atoms with Gasteiger partial charge in [-0.15, -0.1) is 0 Å². The molecule has 6 rings (SSSR count). The summed E-state index contributed by atoms with van der Waals surface area (Å²) in [6.07, 6.45) is 10.9. The first-order valence-electron chi connectivity index (χ1n) is 12.7. The van der Waals surface area contributed by atoms with Gasteiger partial charge < -0.3 is 4.57 Å². The van der Waals surface area contributed by atoms with Crippen LogP contribution in [0.15, 0.2) is 133 Å². The largest absolute Gasteiger partial charge is 0.343 e. The van der Waals surface area contributed by atoms with Crippen molar-refractivity contribution in [2.24, 2.45) is 7.05 Å². The number of nitrogens with zero attached hydrogens (tertiary/aromatic N) is 2. The highest BCUT2D eigenvalue weighted by Gasteiger charge is 2.32. The van der Waals surface area contributed by atoms with Gasteiger partial charge in [-0.3, -0.25) is 0 Å².